The maximum atomic E-state index is 16.7. The van der Waals surface area contributed by atoms with Crippen molar-refractivity contribution >= 4 is 102 Å². The average Bonchev–Trinajstić information content (AvgIpc) is 0.778. The van der Waals surface area contributed by atoms with Crippen LogP contribution in [-0.4, -0.2) is 133 Å². The van der Waals surface area contributed by atoms with E-state index in [4.69, 9.17) is 29.4 Å². The molecule has 0 radical (unpaired) electrons. The highest BCUT2D eigenvalue weighted by Gasteiger charge is 2.48. The highest BCUT2D eigenvalue weighted by molar-refractivity contribution is 6.16. The summed E-state index contributed by atoms with van der Waals surface area (Å²) >= 11 is 0. The zero-order valence-electron chi connectivity index (χ0n) is 68.1. The van der Waals surface area contributed by atoms with Gasteiger partial charge in [-0.3, -0.25) is 38.4 Å². The van der Waals surface area contributed by atoms with E-state index in [9.17, 15) is 19.2 Å². The summed E-state index contributed by atoms with van der Waals surface area (Å²) in [7, 11) is 1.09. The molecule has 27 heteroatoms. The lowest BCUT2D eigenvalue weighted by molar-refractivity contribution is -0.149. The third-order valence-electron chi connectivity index (χ3n) is 18.2. The molecule has 0 aliphatic heterocycles. The summed E-state index contributed by atoms with van der Waals surface area (Å²) in [6.07, 6.45) is -1.99. The normalized spacial score (nSPS) is 12.1. The zero-order chi connectivity index (χ0) is 87.4. The van der Waals surface area contributed by atoms with Crippen molar-refractivity contribution in [1.29, 1.82) is 0 Å². The van der Waals surface area contributed by atoms with Crippen molar-refractivity contribution in [3.05, 3.63) is 346 Å². The Labute approximate surface area is 700 Å². The second-order valence-electron chi connectivity index (χ2n) is 29.7. The van der Waals surface area contributed by atoms with Gasteiger partial charge in [0, 0.05) is 6.42 Å². The van der Waals surface area contributed by atoms with Crippen LogP contribution in [0.5, 0.6) is 0 Å². The lowest BCUT2D eigenvalue weighted by Gasteiger charge is -2.34. The van der Waals surface area contributed by atoms with Gasteiger partial charge in [-0.2, -0.15) is 0 Å². The molecule has 0 unspecified atom stereocenters. The van der Waals surface area contributed by atoms with Crippen LogP contribution in [0.4, 0.5) is 19.2 Å². The quantitative estimate of drug-likeness (QED) is 0.0153. The number of imide groups is 4. The van der Waals surface area contributed by atoms with Gasteiger partial charge in [-0.1, -0.05) is 273 Å². The number of ether oxygens (including phenoxy) is 5. The summed E-state index contributed by atoms with van der Waals surface area (Å²) in [6.45, 7) is 7.83. The molecule has 0 aromatic heterocycles. The molecule has 121 heavy (non-hydrogen) atoms. The van der Waals surface area contributed by atoms with E-state index in [0.717, 1.165) is 53.0 Å². The van der Waals surface area contributed by atoms with E-state index in [0.29, 0.717) is 47.4 Å². The molecule has 0 heterocycles. The van der Waals surface area contributed by atoms with E-state index in [1.165, 1.54) is 58.0 Å². The number of carbonyl (C=O) groups is 13. The van der Waals surface area contributed by atoms with Crippen LogP contribution in [0.2, 0.25) is 0 Å². The molecule has 27 nitrogen and oxygen atoms in total. The molecule has 9 aromatic carbocycles. The fourth-order valence-corrected chi connectivity index (χ4v) is 11.8. The molecule has 0 spiro atoms. The SMILES string of the molecule is COC(=O)C(C)(C)NC(=O)/C(=C\c1ccccc1)N(C(=O)OCc1ccccc1)C(=O)C(C)(C)NC(=O)/C(=C\c1ccccc1)N(C(=O)OCc1ccccc1)C(=O)[C@H](Cc1ccccc1)NC(=O)/C(=C\c1ccccc1)N(C(=O)OCc1ccccc1)C(=O)C(C)(C)NC(=O)/C(=C\c1ccccc1)N(C(=O)OCc1ccccc1)C(=O)C(C)(C)N. The van der Waals surface area contributed by atoms with Crippen molar-refractivity contribution < 1.29 is 86.0 Å². The summed E-state index contributed by atoms with van der Waals surface area (Å²) in [5.74, 6) is -11.6. The molecule has 0 saturated heterocycles. The number of hydrogen-bond acceptors (Lipinski definition) is 19. The average molecular weight is 1640 g/mol. The van der Waals surface area contributed by atoms with Crippen molar-refractivity contribution in [2.24, 2.45) is 5.73 Å². The first-order chi connectivity index (χ1) is 57.7. The van der Waals surface area contributed by atoms with E-state index >= 15 is 43.2 Å². The van der Waals surface area contributed by atoms with Crippen LogP contribution in [0.25, 0.3) is 24.3 Å². The van der Waals surface area contributed by atoms with Crippen molar-refractivity contribution in [3.8, 4) is 0 Å². The molecule has 0 fully saturated rings. The number of hydrogen-bond donors (Lipinski definition) is 5. The van der Waals surface area contributed by atoms with Gasteiger partial charge in [-0.15, -0.1) is 0 Å². The standard InChI is InChI=1S/C94H93N9O18/c1-91(2,95)83(109)101(88(114)119-61-70-49-31-16-32-50-70)76(58-67-43-25-13-26-44-67)80(106)98-92(3,4)84(110)102(89(115)120-62-71-51-33-17-34-52-71)74(56-65-39-21-11-22-40-65)78(104)96-73(55-64-37-19-10-20-38-64)82(108)100(87(113)118-60-69-47-29-15-30-48-69)75(57-66-41-23-12-24-42-66)79(105)97-93(5,6)85(111)103(90(116)121-63-72-53-35-18-36-54-72)77(59-68-45-27-14-28-46-68)81(107)99-94(7,8)86(112)117-9/h10-54,56-59,73H,55,60-63,95H2,1-9H3,(H,96,104)(H,97,105)(H,98,106)(H,99,107)/b74-56+,75-57+,76-58+,77-59+/t73-/m0/s1. The summed E-state index contributed by atoms with van der Waals surface area (Å²) in [5.41, 5.74) is -2.63. The number of benzene rings is 9. The predicted octanol–water partition coefficient (Wildman–Crippen LogP) is 13.1. The number of carbonyl (C=O) groups excluding carboxylic acids is 13. The van der Waals surface area contributed by atoms with E-state index in [1.54, 1.807) is 249 Å². The van der Waals surface area contributed by atoms with E-state index < -0.39 is 155 Å². The molecule has 0 aliphatic rings. The number of nitrogens with zero attached hydrogens (tertiary/aromatic N) is 4. The van der Waals surface area contributed by atoms with Crippen LogP contribution >= 0.6 is 0 Å². The Morgan fingerprint density at radius 3 is 0.818 bits per heavy atom. The lowest BCUT2D eigenvalue weighted by Crippen LogP contribution is -2.61. The highest BCUT2D eigenvalue weighted by atomic mass is 16.6. The van der Waals surface area contributed by atoms with Gasteiger partial charge in [0.05, 0.1) is 12.6 Å². The molecule has 9 rings (SSSR count). The molecule has 0 saturated carbocycles. The van der Waals surface area contributed by atoms with Crippen LogP contribution in [0.3, 0.4) is 0 Å². The van der Waals surface area contributed by atoms with Crippen LogP contribution in [0.1, 0.15) is 105 Å². The molecule has 9 aromatic rings. The largest absolute Gasteiger partial charge is 0.467 e. The van der Waals surface area contributed by atoms with Crippen molar-refractivity contribution in [2.45, 2.75) is 116 Å². The monoisotopic (exact) mass is 1640 g/mol. The Hall–Kier alpha value is -15.0. The number of methoxy groups -OCH3 is 1. The van der Waals surface area contributed by atoms with E-state index in [2.05, 4.69) is 21.3 Å². The first-order valence-corrected chi connectivity index (χ1v) is 38.2. The Morgan fingerprint density at radius 1 is 0.314 bits per heavy atom. The second-order valence-corrected chi connectivity index (χ2v) is 29.7. The van der Waals surface area contributed by atoms with Gasteiger partial charge < -0.3 is 50.7 Å². The van der Waals surface area contributed by atoms with Crippen molar-refractivity contribution in [1.82, 2.24) is 40.9 Å². The molecule has 0 bridgehead atoms. The van der Waals surface area contributed by atoms with Crippen LogP contribution in [0, 0.1) is 0 Å². The Bertz CT molecular complexity index is 5320. The number of esters is 1. The van der Waals surface area contributed by atoms with Gasteiger partial charge >= 0.3 is 30.3 Å². The minimum atomic E-state index is -2.45. The molecule has 1 atom stereocenters. The van der Waals surface area contributed by atoms with Gasteiger partial charge in [0.25, 0.3) is 47.3 Å². The van der Waals surface area contributed by atoms with Crippen molar-refractivity contribution in [2.75, 3.05) is 7.11 Å². The summed E-state index contributed by atoms with van der Waals surface area (Å²) in [5, 5.41) is 10.4. The molecule has 6 N–H and O–H groups in total. The maximum absolute atomic E-state index is 16.7. The van der Waals surface area contributed by atoms with Crippen LogP contribution in [-0.2, 0) is 99.7 Å². The predicted molar refractivity (Wildman–Crippen MR) is 451 cm³/mol. The molecular weight excluding hydrogens is 1540 g/mol. The Morgan fingerprint density at radius 2 is 0.545 bits per heavy atom. The fraction of sp³-hybridized carbons (Fsp3) is 0.202. The van der Waals surface area contributed by atoms with Crippen molar-refractivity contribution in [3.63, 3.8) is 0 Å². The van der Waals surface area contributed by atoms with Crippen LogP contribution in [0.15, 0.2) is 296 Å². The maximum Gasteiger partial charge on any atom is 0.421 e. The number of amides is 12. The minimum absolute atomic E-state index is 0.136. The van der Waals surface area contributed by atoms with Gasteiger partial charge in [0.2, 0.25) is 0 Å². The Balaban J connectivity index is 1.19. The highest BCUT2D eigenvalue weighted by Crippen LogP contribution is 2.29. The topological polar surface area (TPSA) is 355 Å². The molecule has 12 amide bonds. The van der Waals surface area contributed by atoms with Crippen LogP contribution < -0.4 is 27.0 Å². The first-order valence-electron chi connectivity index (χ1n) is 38.2. The van der Waals surface area contributed by atoms with Gasteiger partial charge in [0.15, 0.2) is 0 Å². The summed E-state index contributed by atoms with van der Waals surface area (Å²) in [6, 6.07) is 70.4. The van der Waals surface area contributed by atoms with Gasteiger partial charge in [-0.25, -0.2) is 43.6 Å². The molecule has 622 valence electrons. The zero-order valence-corrected chi connectivity index (χ0v) is 68.1. The fourth-order valence-electron chi connectivity index (χ4n) is 11.8. The number of rotatable bonds is 31. The third kappa shape index (κ3) is 25.3. The molecule has 0 aliphatic carbocycles. The van der Waals surface area contributed by atoms with E-state index in [-0.39, 0.29) is 28.9 Å². The number of nitrogens with two attached hydrogens (primary N) is 1. The van der Waals surface area contributed by atoms with E-state index in [1.807, 2.05) is 0 Å². The summed E-state index contributed by atoms with van der Waals surface area (Å²) < 4.78 is 28.3. The summed E-state index contributed by atoms with van der Waals surface area (Å²) in [4.78, 5) is 202. The van der Waals surface area contributed by atoms with Gasteiger partial charge in [0.1, 0.15) is 71.9 Å². The first kappa shape index (κ1) is 89.9. The smallest absolute Gasteiger partial charge is 0.421 e. The molecular formula is C94H93N9O18. The van der Waals surface area contributed by atoms with Gasteiger partial charge in [-0.05, 0) is 130 Å². The third-order valence-corrected chi connectivity index (χ3v) is 18.2. The lowest BCUT2D eigenvalue weighted by atomic mass is 10.00. The number of nitrogens with one attached hydrogen (secondary N) is 4. The minimum Gasteiger partial charge on any atom is -0.467 e. The second kappa shape index (κ2) is 41.7. The Kier molecular flexibility index (Phi) is 31.0.